The molecule has 0 saturated heterocycles. The highest BCUT2D eigenvalue weighted by Gasteiger charge is 2.03. The van der Waals surface area contributed by atoms with Crippen LogP contribution >= 0.6 is 0 Å². The van der Waals surface area contributed by atoms with E-state index in [9.17, 15) is 4.79 Å². The van der Waals surface area contributed by atoms with Crippen molar-refractivity contribution >= 4 is 5.97 Å². The zero-order valence-electron chi connectivity index (χ0n) is 12.4. The summed E-state index contributed by atoms with van der Waals surface area (Å²) >= 11 is 0. The molecule has 0 bridgehead atoms. The van der Waals surface area contributed by atoms with Gasteiger partial charge in [-0.25, -0.2) is 4.79 Å². The molecule has 2 heteroatoms. The van der Waals surface area contributed by atoms with Gasteiger partial charge in [0.25, 0.3) is 0 Å². The molecule has 1 unspecified atom stereocenters. The largest absolute Gasteiger partial charge is 0.478 e. The summed E-state index contributed by atoms with van der Waals surface area (Å²) in [7, 11) is 0. The Hall–Kier alpha value is -0.790. The van der Waals surface area contributed by atoms with Gasteiger partial charge in [-0.2, -0.15) is 0 Å². The molecular formula is C16H30O2. The van der Waals surface area contributed by atoms with Crippen molar-refractivity contribution in [3.05, 3.63) is 11.6 Å². The number of rotatable bonds is 11. The monoisotopic (exact) mass is 254 g/mol. The van der Waals surface area contributed by atoms with E-state index < -0.39 is 5.97 Å². The summed E-state index contributed by atoms with van der Waals surface area (Å²) in [4.78, 5) is 10.6. The average Bonchev–Trinajstić information content (AvgIpc) is 2.34. The van der Waals surface area contributed by atoms with E-state index in [-0.39, 0.29) is 0 Å². The molecule has 0 aliphatic heterocycles. The maximum atomic E-state index is 10.6. The fraction of sp³-hybridized carbons (Fsp3) is 0.812. The molecule has 0 amide bonds. The smallest absolute Gasteiger partial charge is 0.330 e. The second-order valence-corrected chi connectivity index (χ2v) is 5.44. The Balaban J connectivity index is 3.45. The van der Waals surface area contributed by atoms with Crippen LogP contribution in [-0.2, 0) is 4.79 Å². The predicted molar refractivity (Wildman–Crippen MR) is 77.8 cm³/mol. The van der Waals surface area contributed by atoms with Crippen molar-refractivity contribution in [2.45, 2.75) is 78.6 Å². The molecule has 0 aromatic carbocycles. The number of aliphatic carboxylic acids is 1. The maximum Gasteiger partial charge on any atom is 0.330 e. The van der Waals surface area contributed by atoms with Crippen LogP contribution in [0.5, 0.6) is 0 Å². The van der Waals surface area contributed by atoms with E-state index in [2.05, 4.69) is 13.8 Å². The molecule has 0 spiro atoms. The molecule has 1 N–H and O–H groups in total. The van der Waals surface area contributed by atoms with Gasteiger partial charge in [0.05, 0.1) is 0 Å². The van der Waals surface area contributed by atoms with E-state index in [0.29, 0.717) is 11.5 Å². The number of unbranched alkanes of at least 4 members (excludes halogenated alkanes) is 6. The number of hydrogen-bond donors (Lipinski definition) is 1. The Kier molecular flexibility index (Phi) is 10.8. The molecule has 0 aliphatic carbocycles. The van der Waals surface area contributed by atoms with Crippen LogP contribution < -0.4 is 0 Å². The van der Waals surface area contributed by atoms with Crippen LogP contribution in [0.2, 0.25) is 0 Å². The van der Waals surface area contributed by atoms with Crippen LogP contribution in [0.15, 0.2) is 11.6 Å². The first-order valence-electron chi connectivity index (χ1n) is 7.48. The van der Waals surface area contributed by atoms with Crippen LogP contribution in [0.3, 0.4) is 0 Å². The third-order valence-electron chi connectivity index (χ3n) is 3.46. The van der Waals surface area contributed by atoms with Gasteiger partial charge >= 0.3 is 5.97 Å². The second-order valence-electron chi connectivity index (χ2n) is 5.44. The third kappa shape index (κ3) is 10.4. The molecule has 0 fully saturated rings. The number of carboxylic acids is 1. The van der Waals surface area contributed by atoms with Gasteiger partial charge in [0.15, 0.2) is 0 Å². The highest BCUT2D eigenvalue weighted by atomic mass is 16.4. The van der Waals surface area contributed by atoms with Crippen LogP contribution in [0, 0.1) is 5.92 Å². The Labute approximate surface area is 112 Å². The molecule has 0 aromatic rings. The van der Waals surface area contributed by atoms with Crippen molar-refractivity contribution in [2.24, 2.45) is 5.92 Å². The minimum absolute atomic E-state index is 0.474. The summed E-state index contributed by atoms with van der Waals surface area (Å²) in [6.45, 7) is 6.12. The maximum absolute atomic E-state index is 10.6. The van der Waals surface area contributed by atoms with Crippen LogP contribution in [0.4, 0.5) is 0 Å². The normalized spacial score (nSPS) is 13.6. The zero-order valence-corrected chi connectivity index (χ0v) is 12.4. The predicted octanol–water partition coefficient (Wildman–Crippen LogP) is 5.18. The zero-order chi connectivity index (χ0) is 13.8. The lowest BCUT2D eigenvalue weighted by Gasteiger charge is -2.08. The Morgan fingerprint density at radius 2 is 1.67 bits per heavy atom. The summed E-state index contributed by atoms with van der Waals surface area (Å²) in [6, 6.07) is 0. The lowest BCUT2D eigenvalue weighted by molar-refractivity contribution is -0.132. The number of carbonyl (C=O) groups is 1. The summed E-state index contributed by atoms with van der Waals surface area (Å²) in [5.74, 6) is -0.187. The minimum atomic E-state index is -0.793. The molecule has 106 valence electrons. The van der Waals surface area contributed by atoms with Crippen molar-refractivity contribution < 1.29 is 9.90 Å². The van der Waals surface area contributed by atoms with E-state index in [1.165, 1.54) is 51.4 Å². The molecule has 0 aromatic heterocycles. The Morgan fingerprint density at radius 3 is 2.22 bits per heavy atom. The summed E-state index contributed by atoms with van der Waals surface area (Å²) in [5.41, 5.74) is 0.474. The molecular weight excluding hydrogens is 224 g/mol. The average molecular weight is 254 g/mol. The number of hydrogen-bond acceptors (Lipinski definition) is 1. The first kappa shape index (κ1) is 17.2. The van der Waals surface area contributed by atoms with Crippen molar-refractivity contribution in [3.63, 3.8) is 0 Å². The lowest BCUT2D eigenvalue weighted by Crippen LogP contribution is -1.98. The fourth-order valence-corrected chi connectivity index (χ4v) is 2.03. The van der Waals surface area contributed by atoms with Crippen LogP contribution in [0.25, 0.3) is 0 Å². The van der Waals surface area contributed by atoms with E-state index in [1.807, 2.05) is 6.08 Å². The van der Waals surface area contributed by atoms with Crippen LogP contribution in [-0.4, -0.2) is 11.1 Å². The molecule has 18 heavy (non-hydrogen) atoms. The Morgan fingerprint density at radius 1 is 1.11 bits per heavy atom. The second kappa shape index (κ2) is 11.3. The molecule has 0 saturated carbocycles. The van der Waals surface area contributed by atoms with Gasteiger partial charge in [-0.15, -0.1) is 0 Å². The Bertz CT molecular complexity index is 243. The first-order chi connectivity index (χ1) is 8.57. The van der Waals surface area contributed by atoms with E-state index in [1.54, 1.807) is 6.92 Å². The van der Waals surface area contributed by atoms with Gasteiger partial charge in [-0.05, 0) is 19.3 Å². The van der Waals surface area contributed by atoms with Gasteiger partial charge in [0.1, 0.15) is 0 Å². The van der Waals surface area contributed by atoms with Crippen molar-refractivity contribution in [1.82, 2.24) is 0 Å². The highest BCUT2D eigenvalue weighted by molar-refractivity contribution is 5.85. The van der Waals surface area contributed by atoms with E-state index in [0.717, 1.165) is 6.42 Å². The summed E-state index contributed by atoms with van der Waals surface area (Å²) < 4.78 is 0. The molecule has 2 nitrogen and oxygen atoms in total. The van der Waals surface area contributed by atoms with Crippen molar-refractivity contribution in [2.75, 3.05) is 0 Å². The van der Waals surface area contributed by atoms with Crippen molar-refractivity contribution in [3.8, 4) is 0 Å². The van der Waals surface area contributed by atoms with Crippen molar-refractivity contribution in [1.29, 1.82) is 0 Å². The van der Waals surface area contributed by atoms with Gasteiger partial charge in [0, 0.05) is 5.57 Å². The summed E-state index contributed by atoms with van der Waals surface area (Å²) in [5, 5.41) is 8.74. The van der Waals surface area contributed by atoms with Gasteiger partial charge in [-0.3, -0.25) is 0 Å². The number of allylic oxidation sites excluding steroid dienone is 1. The van der Waals surface area contributed by atoms with Gasteiger partial charge < -0.3 is 5.11 Å². The molecule has 0 aliphatic rings. The standard InChI is InChI=1S/C16H30O2/c1-4-5-6-7-8-9-10-11-14(2)12-13-15(3)16(17)18/h13-14H,4-12H2,1-3H3,(H,17,18). The van der Waals surface area contributed by atoms with E-state index >= 15 is 0 Å². The quantitative estimate of drug-likeness (QED) is 0.407. The molecule has 0 rings (SSSR count). The highest BCUT2D eigenvalue weighted by Crippen LogP contribution is 2.16. The first-order valence-corrected chi connectivity index (χ1v) is 7.48. The van der Waals surface area contributed by atoms with Gasteiger partial charge in [-0.1, -0.05) is 71.3 Å². The third-order valence-corrected chi connectivity index (χ3v) is 3.46. The molecule has 0 radical (unpaired) electrons. The SMILES string of the molecule is CCCCCCCCCC(C)CC=C(C)C(=O)O. The minimum Gasteiger partial charge on any atom is -0.478 e. The van der Waals surface area contributed by atoms with Crippen LogP contribution in [0.1, 0.15) is 78.6 Å². The van der Waals surface area contributed by atoms with E-state index in [4.69, 9.17) is 5.11 Å². The number of carboxylic acid groups (broad SMARTS) is 1. The molecule has 0 heterocycles. The topological polar surface area (TPSA) is 37.3 Å². The lowest BCUT2D eigenvalue weighted by atomic mass is 9.98. The summed E-state index contributed by atoms with van der Waals surface area (Å²) in [6.07, 6.45) is 13.4. The fourth-order valence-electron chi connectivity index (χ4n) is 2.03. The molecule has 1 atom stereocenters. The van der Waals surface area contributed by atoms with Gasteiger partial charge in [0.2, 0.25) is 0 Å².